The number of ketones is 1. The maximum atomic E-state index is 12.5. The highest BCUT2D eigenvalue weighted by molar-refractivity contribution is 6.32. The Labute approximate surface area is 174 Å². The number of halogens is 1. The highest BCUT2D eigenvalue weighted by atomic mass is 35.5. The summed E-state index contributed by atoms with van der Waals surface area (Å²) in [5.41, 5.74) is 2.92. The number of hydrogen-bond acceptors (Lipinski definition) is 6. The van der Waals surface area contributed by atoms with Crippen molar-refractivity contribution in [2.24, 2.45) is 0 Å². The highest BCUT2D eigenvalue weighted by Gasteiger charge is 2.18. The Balaban J connectivity index is 1.90. The van der Waals surface area contributed by atoms with Gasteiger partial charge < -0.3 is 18.8 Å². The Morgan fingerprint density at radius 3 is 2.45 bits per heavy atom. The van der Waals surface area contributed by atoms with Crippen LogP contribution in [-0.2, 0) is 25.6 Å². The van der Waals surface area contributed by atoms with E-state index in [0.29, 0.717) is 28.6 Å². The van der Waals surface area contributed by atoms with E-state index in [1.165, 1.54) is 7.11 Å². The van der Waals surface area contributed by atoms with E-state index in [1.807, 2.05) is 24.5 Å². The second kappa shape index (κ2) is 10.1. The first kappa shape index (κ1) is 22.5. The van der Waals surface area contributed by atoms with Gasteiger partial charge in [-0.1, -0.05) is 17.7 Å². The summed E-state index contributed by atoms with van der Waals surface area (Å²) in [5.74, 6) is -0.947. The van der Waals surface area contributed by atoms with Crippen LogP contribution >= 0.6 is 11.6 Å². The number of benzene rings is 1. The van der Waals surface area contributed by atoms with Crippen LogP contribution in [0.1, 0.15) is 33.7 Å². The second-order valence-electron chi connectivity index (χ2n) is 6.57. The van der Waals surface area contributed by atoms with Crippen molar-refractivity contribution in [1.29, 1.82) is 0 Å². The van der Waals surface area contributed by atoms with Gasteiger partial charge in [0, 0.05) is 23.5 Å². The van der Waals surface area contributed by atoms with Crippen molar-refractivity contribution >= 4 is 29.3 Å². The van der Waals surface area contributed by atoms with Crippen LogP contribution in [0.5, 0.6) is 5.75 Å². The molecule has 0 aliphatic rings. The molecule has 0 fully saturated rings. The molecule has 0 saturated heterocycles. The van der Waals surface area contributed by atoms with Crippen LogP contribution in [0, 0.1) is 20.8 Å². The molecule has 7 nitrogen and oxygen atoms in total. The Kier molecular flexibility index (Phi) is 7.84. The third-order valence-electron chi connectivity index (χ3n) is 4.44. The molecule has 0 amide bonds. The van der Waals surface area contributed by atoms with Crippen molar-refractivity contribution in [3.8, 4) is 5.75 Å². The smallest absolute Gasteiger partial charge is 0.344 e. The molecule has 1 heterocycles. The molecular weight excluding hydrogens is 398 g/mol. The minimum atomic E-state index is -0.671. The minimum Gasteiger partial charge on any atom is -0.480 e. The fraction of sp³-hybridized carbons (Fsp3) is 0.381. The number of nitrogens with zero attached hydrogens (tertiary/aromatic N) is 1. The topological polar surface area (TPSA) is 83.8 Å². The summed E-state index contributed by atoms with van der Waals surface area (Å²) in [7, 11) is 1.33. The van der Waals surface area contributed by atoms with E-state index < -0.39 is 12.6 Å². The van der Waals surface area contributed by atoms with Crippen LogP contribution in [0.25, 0.3) is 0 Å². The monoisotopic (exact) mass is 421 g/mol. The summed E-state index contributed by atoms with van der Waals surface area (Å²) in [6.45, 7) is 5.15. The van der Waals surface area contributed by atoms with Crippen molar-refractivity contribution < 1.29 is 28.6 Å². The Bertz CT molecular complexity index is 918. The fourth-order valence-electron chi connectivity index (χ4n) is 2.86. The van der Waals surface area contributed by atoms with Gasteiger partial charge in [-0.25, -0.2) is 4.79 Å². The molecule has 0 spiro atoms. The Morgan fingerprint density at radius 2 is 1.76 bits per heavy atom. The number of aryl methyl sites for hydroxylation is 2. The number of rotatable bonds is 9. The van der Waals surface area contributed by atoms with Gasteiger partial charge in [0.15, 0.2) is 13.2 Å². The molecule has 0 atom stereocenters. The maximum Gasteiger partial charge on any atom is 0.344 e. The average molecular weight is 422 g/mol. The van der Waals surface area contributed by atoms with Crippen LogP contribution in [0.3, 0.4) is 0 Å². The van der Waals surface area contributed by atoms with Crippen molar-refractivity contribution in [3.05, 3.63) is 51.8 Å². The molecule has 2 aromatic rings. The third kappa shape index (κ3) is 6.09. The van der Waals surface area contributed by atoms with Gasteiger partial charge >= 0.3 is 11.9 Å². The number of esters is 2. The Morgan fingerprint density at radius 1 is 1.03 bits per heavy atom. The van der Waals surface area contributed by atoms with Crippen LogP contribution in [0.15, 0.2) is 24.3 Å². The largest absolute Gasteiger partial charge is 0.480 e. The molecule has 0 aliphatic heterocycles. The van der Waals surface area contributed by atoms with Crippen molar-refractivity contribution in [3.63, 3.8) is 0 Å². The summed E-state index contributed by atoms with van der Waals surface area (Å²) < 4.78 is 16.9. The lowest BCUT2D eigenvalue weighted by atomic mass is 10.1. The molecule has 0 N–H and O–H groups in total. The molecule has 0 radical (unpaired) electrons. The predicted molar refractivity (Wildman–Crippen MR) is 108 cm³/mol. The third-order valence-corrected chi connectivity index (χ3v) is 4.75. The summed E-state index contributed by atoms with van der Waals surface area (Å²) in [6, 6.07) is 6.93. The number of ether oxygens (including phenoxy) is 3. The van der Waals surface area contributed by atoms with E-state index >= 15 is 0 Å². The van der Waals surface area contributed by atoms with E-state index in [9.17, 15) is 14.4 Å². The molecule has 8 heteroatoms. The van der Waals surface area contributed by atoms with Crippen LogP contribution in [0.2, 0.25) is 5.02 Å². The van der Waals surface area contributed by atoms with Crippen molar-refractivity contribution in [2.45, 2.75) is 33.7 Å². The first-order valence-electron chi connectivity index (χ1n) is 9.04. The van der Waals surface area contributed by atoms with Crippen molar-refractivity contribution in [2.75, 3.05) is 20.3 Å². The predicted octanol–water partition coefficient (Wildman–Crippen LogP) is 3.43. The van der Waals surface area contributed by atoms with E-state index in [-0.39, 0.29) is 24.8 Å². The van der Waals surface area contributed by atoms with Crippen molar-refractivity contribution in [1.82, 2.24) is 4.57 Å². The summed E-state index contributed by atoms with van der Waals surface area (Å²) >= 11 is 6.01. The lowest BCUT2D eigenvalue weighted by Gasteiger charge is -2.10. The van der Waals surface area contributed by atoms with E-state index in [0.717, 1.165) is 11.3 Å². The molecule has 0 saturated carbocycles. The van der Waals surface area contributed by atoms with Gasteiger partial charge in [0.2, 0.25) is 5.78 Å². The molecule has 156 valence electrons. The quantitative estimate of drug-likeness (QED) is 0.455. The normalized spacial score (nSPS) is 10.5. The Hall–Kier alpha value is -2.80. The molecule has 1 aromatic carbocycles. The number of carbonyl (C=O) groups excluding carboxylic acids is 3. The lowest BCUT2D eigenvalue weighted by Crippen LogP contribution is -2.20. The zero-order valence-electron chi connectivity index (χ0n) is 16.9. The van der Waals surface area contributed by atoms with Gasteiger partial charge in [-0.3, -0.25) is 9.59 Å². The van der Waals surface area contributed by atoms with Gasteiger partial charge in [0.25, 0.3) is 0 Å². The molecule has 0 unspecified atom stereocenters. The molecule has 29 heavy (non-hydrogen) atoms. The molecule has 0 bridgehead atoms. The van der Waals surface area contributed by atoms with E-state index in [4.69, 9.17) is 21.1 Å². The van der Waals surface area contributed by atoms with Gasteiger partial charge in [-0.2, -0.15) is 0 Å². The number of Topliss-reactive ketones (excluding diaryl/α,β-unsaturated/α-hetero) is 1. The first-order chi connectivity index (χ1) is 13.7. The second-order valence-corrected chi connectivity index (χ2v) is 6.98. The summed E-state index contributed by atoms with van der Waals surface area (Å²) in [4.78, 5) is 35.7. The number of carbonyl (C=O) groups is 3. The van der Waals surface area contributed by atoms with Crippen LogP contribution in [0.4, 0.5) is 0 Å². The average Bonchev–Trinajstić information content (AvgIpc) is 2.98. The first-order valence-corrected chi connectivity index (χ1v) is 9.42. The number of hydrogen-bond donors (Lipinski definition) is 0. The van der Waals surface area contributed by atoms with E-state index in [2.05, 4.69) is 4.74 Å². The summed E-state index contributed by atoms with van der Waals surface area (Å²) in [5, 5.41) is 0.388. The standard InChI is InChI=1S/C21H24ClNO6/c1-13-5-6-17(22)19(9-13)28-12-21(26)29-11-18(24)16-10-14(2)23(15(16)3)8-7-20(25)27-4/h5-6,9-10H,7-8,11-12H2,1-4H3. The van der Waals surface area contributed by atoms with Gasteiger partial charge in [0.05, 0.1) is 18.6 Å². The maximum absolute atomic E-state index is 12.5. The molecular formula is C21H24ClNO6. The van der Waals surface area contributed by atoms with Gasteiger partial charge in [0.1, 0.15) is 5.75 Å². The number of methoxy groups -OCH3 is 1. The zero-order chi connectivity index (χ0) is 21.6. The SMILES string of the molecule is COC(=O)CCn1c(C)cc(C(=O)COC(=O)COc2cc(C)ccc2Cl)c1C. The van der Waals surface area contributed by atoms with Crippen LogP contribution < -0.4 is 4.74 Å². The highest BCUT2D eigenvalue weighted by Crippen LogP contribution is 2.25. The zero-order valence-corrected chi connectivity index (χ0v) is 17.7. The molecule has 0 aliphatic carbocycles. The van der Waals surface area contributed by atoms with Gasteiger partial charge in [-0.05, 0) is 44.5 Å². The summed E-state index contributed by atoms with van der Waals surface area (Å²) in [6.07, 6.45) is 0.203. The number of aromatic nitrogens is 1. The molecule has 1 aromatic heterocycles. The molecule has 2 rings (SSSR count). The lowest BCUT2D eigenvalue weighted by molar-refractivity contribution is -0.145. The fourth-order valence-corrected chi connectivity index (χ4v) is 3.03. The minimum absolute atomic E-state index is 0.203. The van der Waals surface area contributed by atoms with E-state index in [1.54, 1.807) is 25.1 Å². The van der Waals surface area contributed by atoms with Gasteiger partial charge in [-0.15, -0.1) is 0 Å². The van der Waals surface area contributed by atoms with Crippen LogP contribution in [-0.4, -0.2) is 42.6 Å².